The first kappa shape index (κ1) is 12.1. The van der Waals surface area contributed by atoms with Gasteiger partial charge in [-0.2, -0.15) is 5.26 Å². The normalized spacial score (nSPS) is 16.8. The van der Waals surface area contributed by atoms with Crippen LogP contribution in [0.4, 0.5) is 11.4 Å². The topological polar surface area (TPSA) is 65.2 Å². The van der Waals surface area contributed by atoms with E-state index in [9.17, 15) is 4.79 Å². The molecule has 1 amide bonds. The predicted molar refractivity (Wildman–Crippen MR) is 77.1 cm³/mol. The molecule has 4 heteroatoms. The third kappa shape index (κ3) is 2.17. The van der Waals surface area contributed by atoms with Gasteiger partial charge < -0.3 is 5.32 Å². The van der Waals surface area contributed by atoms with Gasteiger partial charge in [-0.05, 0) is 35.9 Å². The van der Waals surface area contributed by atoms with Gasteiger partial charge in [-0.3, -0.25) is 9.79 Å². The molecule has 1 atom stereocenters. The van der Waals surface area contributed by atoms with Crippen molar-refractivity contribution in [2.45, 2.75) is 5.92 Å². The second-order valence-corrected chi connectivity index (χ2v) is 4.49. The largest absolute Gasteiger partial charge is 0.325 e. The summed E-state index contributed by atoms with van der Waals surface area (Å²) in [6, 6.07) is 16.6. The van der Waals surface area contributed by atoms with Crippen molar-refractivity contribution in [3.63, 3.8) is 0 Å². The first-order chi connectivity index (χ1) is 9.78. The number of carbonyl (C=O) groups excluding carboxylic acids is 1. The first-order valence-corrected chi connectivity index (χ1v) is 6.22. The maximum Gasteiger partial charge on any atom is 0.237 e. The molecule has 2 aromatic carbocycles. The summed E-state index contributed by atoms with van der Waals surface area (Å²) >= 11 is 0. The highest BCUT2D eigenvalue weighted by molar-refractivity contribution is 6.12. The summed E-state index contributed by atoms with van der Waals surface area (Å²) < 4.78 is 0. The van der Waals surface area contributed by atoms with Crippen LogP contribution in [0.1, 0.15) is 17.0 Å². The number of nitriles is 1. The van der Waals surface area contributed by atoms with Gasteiger partial charge in [-0.25, -0.2) is 0 Å². The van der Waals surface area contributed by atoms with Crippen LogP contribution in [0.25, 0.3) is 0 Å². The Labute approximate surface area is 116 Å². The number of hydrogen-bond acceptors (Lipinski definition) is 3. The molecule has 1 unspecified atom stereocenters. The number of benzene rings is 2. The highest BCUT2D eigenvalue weighted by atomic mass is 16.2. The van der Waals surface area contributed by atoms with E-state index in [1.807, 2.05) is 24.3 Å². The minimum absolute atomic E-state index is 0.0661. The third-order valence-corrected chi connectivity index (χ3v) is 3.21. The van der Waals surface area contributed by atoms with E-state index in [1.165, 1.54) is 0 Å². The molecule has 0 saturated heterocycles. The third-order valence-electron chi connectivity index (χ3n) is 3.21. The molecule has 2 aromatic rings. The van der Waals surface area contributed by atoms with Gasteiger partial charge in [0.1, 0.15) is 5.92 Å². The van der Waals surface area contributed by atoms with Gasteiger partial charge in [0.05, 0.1) is 17.3 Å². The van der Waals surface area contributed by atoms with Crippen molar-refractivity contribution in [3.05, 3.63) is 59.7 Å². The van der Waals surface area contributed by atoms with Crippen molar-refractivity contribution >= 4 is 23.5 Å². The van der Waals surface area contributed by atoms with Crippen molar-refractivity contribution in [1.29, 1.82) is 5.26 Å². The van der Waals surface area contributed by atoms with Gasteiger partial charge in [0, 0.05) is 11.9 Å². The Morgan fingerprint density at radius 3 is 2.65 bits per heavy atom. The Balaban J connectivity index is 1.85. The van der Waals surface area contributed by atoms with Gasteiger partial charge in [-0.1, -0.05) is 18.2 Å². The van der Waals surface area contributed by atoms with E-state index in [-0.39, 0.29) is 11.8 Å². The summed E-state index contributed by atoms with van der Waals surface area (Å²) in [6.45, 7) is 0. The van der Waals surface area contributed by atoms with Crippen molar-refractivity contribution in [2.24, 2.45) is 4.99 Å². The Bertz CT molecular complexity index is 726. The molecular weight excluding hydrogens is 250 g/mol. The van der Waals surface area contributed by atoms with Crippen LogP contribution in [-0.4, -0.2) is 12.1 Å². The smallest absolute Gasteiger partial charge is 0.237 e. The van der Waals surface area contributed by atoms with Crippen molar-refractivity contribution < 1.29 is 4.79 Å². The molecule has 1 heterocycles. The lowest BCUT2D eigenvalue weighted by atomic mass is 10.0. The van der Waals surface area contributed by atoms with Gasteiger partial charge >= 0.3 is 0 Å². The number of carbonyl (C=O) groups is 1. The maximum absolute atomic E-state index is 11.9. The summed E-state index contributed by atoms with van der Waals surface area (Å²) in [5, 5.41) is 11.6. The van der Waals surface area contributed by atoms with Crippen LogP contribution in [0.2, 0.25) is 0 Å². The number of rotatable bonds is 2. The fraction of sp³-hybridized carbons (Fsp3) is 0.0625. The molecule has 4 nitrogen and oxygen atoms in total. The summed E-state index contributed by atoms with van der Waals surface area (Å²) in [6.07, 6.45) is 1.64. The highest BCUT2D eigenvalue weighted by Gasteiger charge is 2.28. The van der Waals surface area contributed by atoms with Crippen LogP contribution in [0, 0.1) is 11.3 Å². The lowest BCUT2D eigenvalue weighted by molar-refractivity contribution is -0.115. The van der Waals surface area contributed by atoms with Crippen LogP contribution < -0.4 is 5.32 Å². The quantitative estimate of drug-likeness (QED) is 0.844. The molecule has 20 heavy (non-hydrogen) atoms. The average Bonchev–Trinajstić information content (AvgIpc) is 2.81. The van der Waals surface area contributed by atoms with E-state index in [0.717, 1.165) is 16.9 Å². The minimum Gasteiger partial charge on any atom is -0.325 e. The molecule has 0 spiro atoms. The van der Waals surface area contributed by atoms with Crippen LogP contribution >= 0.6 is 0 Å². The molecule has 0 radical (unpaired) electrons. The number of nitrogens with one attached hydrogen (secondary N) is 1. The Kier molecular flexibility index (Phi) is 3.02. The van der Waals surface area contributed by atoms with Gasteiger partial charge in [-0.15, -0.1) is 0 Å². The number of fused-ring (bicyclic) bond motifs is 1. The summed E-state index contributed by atoms with van der Waals surface area (Å²) in [5.41, 5.74) is 3.10. The second kappa shape index (κ2) is 4.98. The van der Waals surface area contributed by atoms with Gasteiger partial charge in [0.15, 0.2) is 0 Å². The fourth-order valence-electron chi connectivity index (χ4n) is 2.16. The monoisotopic (exact) mass is 261 g/mol. The predicted octanol–water partition coefficient (Wildman–Crippen LogP) is 3.00. The number of nitrogens with zero attached hydrogens (tertiary/aromatic N) is 2. The summed E-state index contributed by atoms with van der Waals surface area (Å²) in [4.78, 5) is 16.2. The van der Waals surface area contributed by atoms with E-state index >= 15 is 0 Å². The molecule has 0 aromatic heterocycles. The van der Waals surface area contributed by atoms with Gasteiger partial charge in [0.25, 0.3) is 0 Å². The van der Waals surface area contributed by atoms with Crippen molar-refractivity contribution in [1.82, 2.24) is 0 Å². The van der Waals surface area contributed by atoms with Crippen molar-refractivity contribution in [2.75, 3.05) is 5.32 Å². The fourth-order valence-corrected chi connectivity index (χ4v) is 2.16. The Hall–Kier alpha value is -2.93. The lowest BCUT2D eigenvalue weighted by Crippen LogP contribution is -2.12. The molecule has 96 valence electrons. The molecule has 0 bridgehead atoms. The molecule has 0 saturated carbocycles. The van der Waals surface area contributed by atoms with Crippen LogP contribution in [-0.2, 0) is 4.79 Å². The number of anilines is 1. The zero-order valence-corrected chi connectivity index (χ0v) is 10.6. The SMILES string of the molecule is N#Cc1ccc(N=CC2C(=O)Nc3ccccc32)cc1. The zero-order chi connectivity index (χ0) is 13.9. The molecule has 0 fully saturated rings. The zero-order valence-electron chi connectivity index (χ0n) is 10.6. The van der Waals surface area contributed by atoms with E-state index in [4.69, 9.17) is 5.26 Å². The van der Waals surface area contributed by atoms with Crippen LogP contribution in [0.3, 0.4) is 0 Å². The molecular formula is C16H11N3O. The van der Waals surface area contributed by atoms with Crippen LogP contribution in [0.5, 0.6) is 0 Å². The average molecular weight is 261 g/mol. The second-order valence-electron chi connectivity index (χ2n) is 4.49. The number of para-hydroxylation sites is 1. The Morgan fingerprint density at radius 2 is 1.90 bits per heavy atom. The number of aliphatic imine (C=N–C) groups is 1. The Morgan fingerprint density at radius 1 is 1.15 bits per heavy atom. The van der Waals surface area contributed by atoms with Crippen LogP contribution in [0.15, 0.2) is 53.5 Å². The summed E-state index contributed by atoms with van der Waals surface area (Å²) in [7, 11) is 0. The molecule has 1 N–H and O–H groups in total. The lowest BCUT2D eigenvalue weighted by Gasteiger charge is -2.01. The highest BCUT2D eigenvalue weighted by Crippen LogP contribution is 2.31. The standard InChI is InChI=1S/C16H11N3O/c17-9-11-5-7-12(8-6-11)18-10-14-13-3-1-2-4-15(13)19-16(14)20/h1-8,10,14H,(H,19,20). The van der Waals surface area contributed by atoms with Crippen molar-refractivity contribution in [3.8, 4) is 6.07 Å². The summed E-state index contributed by atoms with van der Waals surface area (Å²) in [5.74, 6) is -0.426. The first-order valence-electron chi connectivity index (χ1n) is 6.22. The van der Waals surface area contributed by atoms with Gasteiger partial charge in [0.2, 0.25) is 5.91 Å². The molecule has 1 aliphatic rings. The molecule has 3 rings (SSSR count). The van der Waals surface area contributed by atoms with E-state index in [2.05, 4.69) is 16.4 Å². The molecule has 0 aliphatic carbocycles. The molecule has 1 aliphatic heterocycles. The van der Waals surface area contributed by atoms with E-state index < -0.39 is 0 Å². The number of amides is 1. The maximum atomic E-state index is 11.9. The van der Waals surface area contributed by atoms with E-state index in [1.54, 1.807) is 30.5 Å². The van der Waals surface area contributed by atoms with E-state index in [0.29, 0.717) is 5.56 Å². The number of hydrogen-bond donors (Lipinski definition) is 1. The minimum atomic E-state index is -0.359.